The number of phenols is 1. The van der Waals surface area contributed by atoms with Crippen LogP contribution in [0.1, 0.15) is 24.8 Å². The number of carbonyl (C=O) groups is 2. The highest BCUT2D eigenvalue weighted by Crippen LogP contribution is 2.25. The average molecular weight is 382 g/mol. The van der Waals surface area contributed by atoms with E-state index < -0.39 is 0 Å². The lowest BCUT2D eigenvalue weighted by Gasteiger charge is -2.31. The summed E-state index contributed by atoms with van der Waals surface area (Å²) < 4.78 is 5.33. The lowest BCUT2D eigenvalue weighted by molar-refractivity contribution is -0.134. The highest BCUT2D eigenvalue weighted by Gasteiger charge is 2.27. The first kappa shape index (κ1) is 19.7. The zero-order valence-corrected chi connectivity index (χ0v) is 16.1. The molecule has 1 saturated heterocycles. The molecule has 28 heavy (non-hydrogen) atoms. The number of benzene rings is 2. The molecule has 6 heteroatoms. The summed E-state index contributed by atoms with van der Waals surface area (Å²) in [7, 11) is 1.63. The number of amides is 2. The van der Waals surface area contributed by atoms with Crippen LogP contribution in [-0.4, -0.2) is 42.0 Å². The van der Waals surface area contributed by atoms with Crippen molar-refractivity contribution in [3.05, 3.63) is 54.1 Å². The third-order valence-corrected chi connectivity index (χ3v) is 5.18. The van der Waals surface area contributed by atoms with Gasteiger partial charge in [0.15, 0.2) is 0 Å². The third kappa shape index (κ3) is 4.82. The number of para-hydroxylation sites is 3. The van der Waals surface area contributed by atoms with Crippen LogP contribution in [0, 0.1) is 5.92 Å². The van der Waals surface area contributed by atoms with Gasteiger partial charge in [0, 0.05) is 25.4 Å². The number of piperidine rings is 1. The molecule has 0 aromatic heterocycles. The molecule has 0 radical (unpaired) electrons. The molecule has 1 aliphatic rings. The molecular formula is C22H26N2O4. The van der Waals surface area contributed by atoms with E-state index in [1.807, 2.05) is 29.2 Å². The second kappa shape index (κ2) is 9.26. The fourth-order valence-electron chi connectivity index (χ4n) is 3.51. The molecule has 1 fully saturated rings. The Hall–Kier alpha value is -3.02. The van der Waals surface area contributed by atoms with Crippen molar-refractivity contribution >= 4 is 17.5 Å². The van der Waals surface area contributed by atoms with Gasteiger partial charge in [0.1, 0.15) is 11.5 Å². The van der Waals surface area contributed by atoms with Crippen molar-refractivity contribution in [1.82, 2.24) is 4.90 Å². The summed E-state index contributed by atoms with van der Waals surface area (Å²) in [5.74, 6) is 0.695. The Bertz CT molecular complexity index is 829. The highest BCUT2D eigenvalue weighted by molar-refractivity contribution is 5.94. The topological polar surface area (TPSA) is 78.9 Å². The predicted octanol–water partition coefficient (Wildman–Crippen LogP) is 3.21. The molecule has 2 N–H and O–H groups in total. The minimum Gasteiger partial charge on any atom is -0.506 e. The lowest BCUT2D eigenvalue weighted by atomic mass is 9.95. The van der Waals surface area contributed by atoms with Gasteiger partial charge in [-0.05, 0) is 43.0 Å². The van der Waals surface area contributed by atoms with Crippen LogP contribution in [0.2, 0.25) is 0 Å². The van der Waals surface area contributed by atoms with Crippen LogP contribution in [0.15, 0.2) is 48.5 Å². The summed E-state index contributed by atoms with van der Waals surface area (Å²) in [5, 5.41) is 12.6. The van der Waals surface area contributed by atoms with Crippen LogP contribution in [0.3, 0.4) is 0 Å². The van der Waals surface area contributed by atoms with E-state index in [-0.39, 0.29) is 23.5 Å². The van der Waals surface area contributed by atoms with Crippen molar-refractivity contribution in [3.8, 4) is 11.5 Å². The number of aryl methyl sites for hydroxylation is 1. The number of carbonyl (C=O) groups excluding carboxylic acids is 2. The second-order valence-electron chi connectivity index (χ2n) is 6.97. The van der Waals surface area contributed by atoms with Crippen LogP contribution in [0.4, 0.5) is 5.69 Å². The van der Waals surface area contributed by atoms with Gasteiger partial charge in [-0.2, -0.15) is 0 Å². The number of aromatic hydroxyl groups is 1. The number of hydrogen-bond donors (Lipinski definition) is 2. The normalized spacial score (nSPS) is 14.5. The number of phenolic OH excluding ortho intramolecular Hbond substituents is 1. The Labute approximate surface area is 165 Å². The largest absolute Gasteiger partial charge is 0.506 e. The maximum absolute atomic E-state index is 12.5. The standard InChI is InChI=1S/C22H26N2O4/c1-28-20-9-5-2-6-16(20)10-11-21(26)24-14-12-17(13-15-24)22(27)23-18-7-3-4-8-19(18)25/h2-9,17,25H,10-15H2,1H3,(H,23,27). The number of hydrogen-bond acceptors (Lipinski definition) is 4. The molecule has 0 atom stereocenters. The van der Waals surface area contributed by atoms with E-state index in [9.17, 15) is 14.7 Å². The van der Waals surface area contributed by atoms with E-state index in [4.69, 9.17) is 4.74 Å². The fourth-order valence-corrected chi connectivity index (χ4v) is 3.51. The van der Waals surface area contributed by atoms with Gasteiger partial charge in [0.05, 0.1) is 12.8 Å². The zero-order chi connectivity index (χ0) is 19.9. The molecule has 6 nitrogen and oxygen atoms in total. The minimum atomic E-state index is -0.155. The van der Waals surface area contributed by atoms with Crippen molar-refractivity contribution in [2.45, 2.75) is 25.7 Å². The smallest absolute Gasteiger partial charge is 0.227 e. The molecule has 0 aliphatic carbocycles. The first-order valence-electron chi connectivity index (χ1n) is 9.57. The molecule has 0 spiro atoms. The van der Waals surface area contributed by atoms with Crippen LogP contribution >= 0.6 is 0 Å². The maximum Gasteiger partial charge on any atom is 0.227 e. The van der Waals surface area contributed by atoms with Crippen LogP contribution in [-0.2, 0) is 16.0 Å². The number of anilines is 1. The summed E-state index contributed by atoms with van der Waals surface area (Å²) in [4.78, 5) is 26.8. The first-order valence-corrected chi connectivity index (χ1v) is 9.57. The average Bonchev–Trinajstić information content (AvgIpc) is 2.74. The molecule has 148 valence electrons. The van der Waals surface area contributed by atoms with Gasteiger partial charge < -0.3 is 20.1 Å². The number of ether oxygens (including phenoxy) is 1. The second-order valence-corrected chi connectivity index (χ2v) is 6.97. The number of nitrogens with one attached hydrogen (secondary N) is 1. The van der Waals surface area contributed by atoms with Gasteiger partial charge in [-0.3, -0.25) is 9.59 Å². The molecule has 0 bridgehead atoms. The summed E-state index contributed by atoms with van der Waals surface area (Å²) >= 11 is 0. The number of likely N-dealkylation sites (tertiary alicyclic amines) is 1. The monoisotopic (exact) mass is 382 g/mol. The van der Waals surface area contributed by atoms with Gasteiger partial charge >= 0.3 is 0 Å². The van der Waals surface area contributed by atoms with Crippen LogP contribution in [0.25, 0.3) is 0 Å². The van der Waals surface area contributed by atoms with E-state index in [1.54, 1.807) is 31.4 Å². The molecule has 1 heterocycles. The maximum atomic E-state index is 12.5. The third-order valence-electron chi connectivity index (χ3n) is 5.18. The van der Waals surface area contributed by atoms with Gasteiger partial charge in [-0.25, -0.2) is 0 Å². The lowest BCUT2D eigenvalue weighted by Crippen LogP contribution is -2.41. The Balaban J connectivity index is 1.47. The molecule has 3 rings (SSSR count). The van der Waals surface area contributed by atoms with Crippen molar-refractivity contribution in [2.24, 2.45) is 5.92 Å². The van der Waals surface area contributed by atoms with E-state index in [2.05, 4.69) is 5.32 Å². The van der Waals surface area contributed by atoms with Gasteiger partial charge in [-0.15, -0.1) is 0 Å². The van der Waals surface area contributed by atoms with Crippen molar-refractivity contribution in [3.63, 3.8) is 0 Å². The number of rotatable bonds is 6. The van der Waals surface area contributed by atoms with Crippen LogP contribution in [0.5, 0.6) is 11.5 Å². The number of methoxy groups -OCH3 is 1. The zero-order valence-electron chi connectivity index (χ0n) is 16.1. The quantitative estimate of drug-likeness (QED) is 0.752. The predicted molar refractivity (Wildman–Crippen MR) is 107 cm³/mol. The molecule has 1 aliphatic heterocycles. The summed E-state index contributed by atoms with van der Waals surface area (Å²) in [5.41, 5.74) is 1.44. The minimum absolute atomic E-state index is 0.0554. The summed E-state index contributed by atoms with van der Waals surface area (Å²) in [6, 6.07) is 14.4. The Kier molecular flexibility index (Phi) is 6.53. The van der Waals surface area contributed by atoms with Gasteiger partial charge in [-0.1, -0.05) is 30.3 Å². The molecular weight excluding hydrogens is 356 g/mol. The summed E-state index contributed by atoms with van der Waals surface area (Å²) in [6.45, 7) is 1.15. The van der Waals surface area contributed by atoms with Gasteiger partial charge in [0.2, 0.25) is 11.8 Å². The summed E-state index contributed by atoms with van der Waals surface area (Å²) in [6.07, 6.45) is 2.31. The van der Waals surface area contributed by atoms with E-state index >= 15 is 0 Å². The molecule has 0 unspecified atom stereocenters. The Morgan fingerprint density at radius 3 is 2.50 bits per heavy atom. The molecule has 0 saturated carbocycles. The Morgan fingerprint density at radius 1 is 1.11 bits per heavy atom. The van der Waals surface area contributed by atoms with Gasteiger partial charge in [0.25, 0.3) is 0 Å². The van der Waals surface area contributed by atoms with E-state index in [0.29, 0.717) is 44.5 Å². The Morgan fingerprint density at radius 2 is 1.79 bits per heavy atom. The number of nitrogens with zero attached hydrogens (tertiary/aromatic N) is 1. The SMILES string of the molecule is COc1ccccc1CCC(=O)N1CCC(C(=O)Nc2ccccc2O)CC1. The highest BCUT2D eigenvalue weighted by atomic mass is 16.5. The fraction of sp³-hybridized carbons (Fsp3) is 0.364. The van der Waals surface area contributed by atoms with Crippen LogP contribution < -0.4 is 10.1 Å². The van der Waals surface area contributed by atoms with E-state index in [0.717, 1.165) is 11.3 Å². The van der Waals surface area contributed by atoms with Crippen molar-refractivity contribution in [1.29, 1.82) is 0 Å². The first-order chi connectivity index (χ1) is 13.6. The molecule has 2 aromatic carbocycles. The van der Waals surface area contributed by atoms with Crippen molar-refractivity contribution < 1.29 is 19.4 Å². The molecule has 2 aromatic rings. The molecule has 2 amide bonds. The van der Waals surface area contributed by atoms with E-state index in [1.165, 1.54) is 0 Å². The van der Waals surface area contributed by atoms with Crippen molar-refractivity contribution in [2.75, 3.05) is 25.5 Å².